The molecule has 2 heterocycles. The zero-order valence-electron chi connectivity index (χ0n) is 13.2. The largest absolute Gasteiger partial charge is 0.350 e. The van der Waals surface area contributed by atoms with Crippen LogP contribution in [0.25, 0.3) is 22.0 Å². The third kappa shape index (κ3) is 2.92. The molecular formula is C19H15N5O. The minimum absolute atomic E-state index is 0.308. The number of H-pyrrole nitrogens is 2. The lowest BCUT2D eigenvalue weighted by Gasteiger charge is -2.04. The molecule has 6 heteroatoms. The maximum absolute atomic E-state index is 12.7. The molecule has 1 amide bonds. The van der Waals surface area contributed by atoms with Crippen molar-refractivity contribution >= 4 is 23.0 Å². The fourth-order valence-electron chi connectivity index (χ4n) is 2.77. The molecule has 0 fully saturated rings. The van der Waals surface area contributed by atoms with Crippen LogP contribution in [0.15, 0.2) is 72.1 Å². The first-order valence-electron chi connectivity index (χ1n) is 7.82. The summed E-state index contributed by atoms with van der Waals surface area (Å²) in [7, 11) is 0. The number of nitrogens with zero attached hydrogens (tertiary/aromatic N) is 2. The summed E-state index contributed by atoms with van der Waals surface area (Å²) in [4.78, 5) is 22.8. The monoisotopic (exact) mass is 329 g/mol. The van der Waals surface area contributed by atoms with Crippen LogP contribution in [0.5, 0.6) is 0 Å². The van der Waals surface area contributed by atoms with Gasteiger partial charge in [0.25, 0.3) is 5.91 Å². The molecule has 0 radical (unpaired) electrons. The third-order valence-corrected chi connectivity index (χ3v) is 3.87. The first kappa shape index (κ1) is 14.9. The van der Waals surface area contributed by atoms with Gasteiger partial charge in [0, 0.05) is 28.9 Å². The van der Waals surface area contributed by atoms with Crippen LogP contribution >= 0.6 is 0 Å². The van der Waals surface area contributed by atoms with E-state index in [2.05, 4.69) is 25.5 Å². The summed E-state index contributed by atoms with van der Waals surface area (Å²) >= 11 is 0. The molecular weight excluding hydrogens is 314 g/mol. The number of imidazole rings is 1. The summed E-state index contributed by atoms with van der Waals surface area (Å²) < 4.78 is 0. The third-order valence-electron chi connectivity index (χ3n) is 3.87. The molecule has 0 aliphatic rings. The minimum Gasteiger partial charge on any atom is -0.350 e. The molecule has 6 nitrogen and oxygen atoms in total. The van der Waals surface area contributed by atoms with Crippen LogP contribution in [0.3, 0.4) is 0 Å². The van der Waals surface area contributed by atoms with Crippen molar-refractivity contribution < 1.29 is 4.79 Å². The Morgan fingerprint density at radius 3 is 2.68 bits per heavy atom. The number of fused-ring (bicyclic) bond motifs is 1. The van der Waals surface area contributed by atoms with Crippen LogP contribution in [0.1, 0.15) is 16.3 Å². The van der Waals surface area contributed by atoms with E-state index >= 15 is 0 Å². The number of carbonyl (C=O) groups is 1. The van der Waals surface area contributed by atoms with Crippen LogP contribution in [-0.2, 0) is 0 Å². The average Bonchev–Trinajstić information content (AvgIpc) is 3.30. The highest BCUT2D eigenvalue weighted by atomic mass is 16.2. The topological polar surface area (TPSA) is 85.9 Å². The molecule has 0 unspecified atom stereocenters. The van der Waals surface area contributed by atoms with Crippen molar-refractivity contribution in [2.24, 2.45) is 5.10 Å². The van der Waals surface area contributed by atoms with Crippen molar-refractivity contribution in [1.82, 2.24) is 20.4 Å². The van der Waals surface area contributed by atoms with E-state index in [1.807, 2.05) is 54.6 Å². The molecule has 122 valence electrons. The molecule has 0 saturated heterocycles. The average molecular weight is 329 g/mol. The number of hydrazone groups is 1. The number of carbonyl (C=O) groups excluding carboxylic acids is 1. The van der Waals surface area contributed by atoms with Crippen molar-refractivity contribution in [3.05, 3.63) is 78.5 Å². The van der Waals surface area contributed by atoms with Crippen molar-refractivity contribution in [2.75, 3.05) is 0 Å². The number of amides is 1. The Bertz CT molecular complexity index is 1030. The highest BCUT2D eigenvalue weighted by molar-refractivity contribution is 6.09. The summed E-state index contributed by atoms with van der Waals surface area (Å²) in [6.07, 6.45) is 4.77. The van der Waals surface area contributed by atoms with Gasteiger partial charge in [0.2, 0.25) is 0 Å². The van der Waals surface area contributed by atoms with Gasteiger partial charge < -0.3 is 9.97 Å². The predicted molar refractivity (Wildman–Crippen MR) is 97.4 cm³/mol. The van der Waals surface area contributed by atoms with Crippen LogP contribution in [0.4, 0.5) is 0 Å². The summed E-state index contributed by atoms with van der Waals surface area (Å²) in [5.74, 6) is 0.262. The molecule has 0 bridgehead atoms. The number of benzene rings is 2. The molecule has 0 saturated carbocycles. The van der Waals surface area contributed by atoms with Crippen molar-refractivity contribution in [1.29, 1.82) is 0 Å². The van der Waals surface area contributed by atoms with Crippen LogP contribution in [-0.4, -0.2) is 27.1 Å². The molecule has 25 heavy (non-hydrogen) atoms. The van der Waals surface area contributed by atoms with Crippen LogP contribution < -0.4 is 5.43 Å². The standard InChI is InChI=1S/C19H15N5O/c25-19(24-22-12-16-20-10-11-21-16)18-17(13-6-2-1-3-7-13)14-8-4-5-9-15(14)23-18/h1-12,23H,(H,20,21)(H,24,25). The van der Waals surface area contributed by atoms with E-state index in [-0.39, 0.29) is 5.91 Å². The highest BCUT2D eigenvalue weighted by Gasteiger charge is 2.18. The molecule has 3 N–H and O–H groups in total. The van der Waals surface area contributed by atoms with Gasteiger partial charge >= 0.3 is 0 Å². The maximum atomic E-state index is 12.7. The number of para-hydroxylation sites is 1. The highest BCUT2D eigenvalue weighted by Crippen LogP contribution is 2.32. The van der Waals surface area contributed by atoms with Gasteiger partial charge in [0.05, 0.1) is 6.21 Å². The van der Waals surface area contributed by atoms with Gasteiger partial charge in [-0.25, -0.2) is 10.4 Å². The van der Waals surface area contributed by atoms with E-state index in [4.69, 9.17) is 0 Å². The van der Waals surface area contributed by atoms with Gasteiger partial charge in [0.15, 0.2) is 0 Å². The van der Waals surface area contributed by atoms with Gasteiger partial charge in [0.1, 0.15) is 11.5 Å². The fourth-order valence-corrected chi connectivity index (χ4v) is 2.77. The Kier molecular flexibility index (Phi) is 3.84. The second-order valence-corrected chi connectivity index (χ2v) is 5.46. The van der Waals surface area contributed by atoms with E-state index in [9.17, 15) is 4.79 Å². The smallest absolute Gasteiger partial charge is 0.288 e. The summed E-state index contributed by atoms with van der Waals surface area (Å²) in [5, 5.41) is 4.95. The van der Waals surface area contributed by atoms with E-state index in [1.165, 1.54) is 6.21 Å². The SMILES string of the molecule is O=C(NN=Cc1ncc[nH]1)c1[nH]c2ccccc2c1-c1ccccc1. The lowest BCUT2D eigenvalue weighted by Crippen LogP contribution is -2.19. The Hall–Kier alpha value is -3.67. The number of nitrogens with one attached hydrogen (secondary N) is 3. The maximum Gasteiger partial charge on any atom is 0.288 e. The number of hydrogen-bond donors (Lipinski definition) is 3. The molecule has 0 aliphatic carbocycles. The molecule has 2 aromatic heterocycles. The van der Waals surface area contributed by atoms with Crippen LogP contribution in [0.2, 0.25) is 0 Å². The quantitative estimate of drug-likeness (QED) is 0.396. The second kappa shape index (κ2) is 6.45. The lowest BCUT2D eigenvalue weighted by atomic mass is 10.0. The van der Waals surface area contributed by atoms with E-state index in [0.717, 1.165) is 22.0 Å². The van der Waals surface area contributed by atoms with E-state index < -0.39 is 0 Å². The second-order valence-electron chi connectivity index (χ2n) is 5.46. The van der Waals surface area contributed by atoms with Crippen molar-refractivity contribution in [3.8, 4) is 11.1 Å². The molecule has 4 aromatic rings. The Labute approximate surface area is 143 Å². The summed E-state index contributed by atoms with van der Waals surface area (Å²) in [5.41, 5.74) is 5.76. The van der Waals surface area contributed by atoms with Crippen molar-refractivity contribution in [3.63, 3.8) is 0 Å². The molecule has 4 rings (SSSR count). The van der Waals surface area contributed by atoms with Crippen molar-refractivity contribution in [2.45, 2.75) is 0 Å². The number of hydrogen-bond acceptors (Lipinski definition) is 3. The minimum atomic E-state index is -0.308. The molecule has 0 aliphatic heterocycles. The Morgan fingerprint density at radius 1 is 1.08 bits per heavy atom. The lowest BCUT2D eigenvalue weighted by molar-refractivity contribution is 0.0951. The van der Waals surface area contributed by atoms with E-state index in [1.54, 1.807) is 12.4 Å². The van der Waals surface area contributed by atoms with Gasteiger partial charge in [-0.15, -0.1) is 0 Å². The normalized spacial score (nSPS) is 11.2. The van der Waals surface area contributed by atoms with Gasteiger partial charge in [-0.3, -0.25) is 4.79 Å². The molecule has 0 spiro atoms. The summed E-state index contributed by atoms with van der Waals surface area (Å²) in [6.45, 7) is 0. The Morgan fingerprint density at radius 2 is 1.88 bits per heavy atom. The number of aromatic nitrogens is 3. The Balaban J connectivity index is 1.72. The van der Waals surface area contributed by atoms with Gasteiger partial charge in [-0.1, -0.05) is 48.5 Å². The molecule has 0 atom stereocenters. The van der Waals surface area contributed by atoms with Gasteiger partial charge in [-0.05, 0) is 11.6 Å². The van der Waals surface area contributed by atoms with Crippen LogP contribution in [0, 0.1) is 0 Å². The molecule has 2 aromatic carbocycles. The van der Waals surface area contributed by atoms with Gasteiger partial charge in [-0.2, -0.15) is 5.10 Å². The predicted octanol–water partition coefficient (Wildman–Crippen LogP) is 3.32. The first-order valence-corrected chi connectivity index (χ1v) is 7.82. The number of rotatable bonds is 4. The first-order chi connectivity index (χ1) is 12.3. The summed E-state index contributed by atoms with van der Waals surface area (Å²) in [6, 6.07) is 17.7. The fraction of sp³-hybridized carbons (Fsp3) is 0. The van der Waals surface area contributed by atoms with E-state index in [0.29, 0.717) is 11.5 Å². The zero-order chi connectivity index (χ0) is 17.1. The zero-order valence-corrected chi connectivity index (χ0v) is 13.2. The number of aromatic amines is 2.